The summed E-state index contributed by atoms with van der Waals surface area (Å²) in [6.45, 7) is 5.78. The van der Waals surface area contributed by atoms with Gasteiger partial charge in [0.15, 0.2) is 0 Å². The third-order valence-electron chi connectivity index (χ3n) is 4.80. The molecule has 0 atom stereocenters. The number of aromatic nitrogens is 1. The average molecular weight is 428 g/mol. The largest absolute Gasteiger partial charge is 0.494 e. The van der Waals surface area contributed by atoms with Crippen LogP contribution in [0.25, 0.3) is 10.6 Å². The standard InChI is InChI=1S/C22H22ClN3O2S/c1-3-28-16-7-5-15(6-8-16)21-24-19-10-11-26(13-20(19)29-21)22(27)25-18-9-4-14(2)12-17(18)23/h4-9,12H,3,10-11,13H2,1-2H3,(H,25,27). The van der Waals surface area contributed by atoms with Crippen LogP contribution in [0.15, 0.2) is 42.5 Å². The predicted molar refractivity (Wildman–Crippen MR) is 118 cm³/mol. The van der Waals surface area contributed by atoms with E-state index in [2.05, 4.69) is 5.32 Å². The topological polar surface area (TPSA) is 54.5 Å². The summed E-state index contributed by atoms with van der Waals surface area (Å²) in [5.74, 6) is 0.857. The number of carbonyl (C=O) groups excluding carboxylic acids is 1. The summed E-state index contributed by atoms with van der Waals surface area (Å²) in [6, 6.07) is 13.5. The Labute approximate surface area is 179 Å². The molecule has 150 valence electrons. The fourth-order valence-electron chi connectivity index (χ4n) is 3.27. The van der Waals surface area contributed by atoms with Crippen LogP contribution in [-0.2, 0) is 13.0 Å². The molecule has 0 spiro atoms. The lowest BCUT2D eigenvalue weighted by molar-refractivity contribution is 0.207. The van der Waals surface area contributed by atoms with Gasteiger partial charge in [-0.25, -0.2) is 9.78 Å². The van der Waals surface area contributed by atoms with E-state index in [0.717, 1.165) is 38.9 Å². The number of urea groups is 1. The lowest BCUT2D eigenvalue weighted by Crippen LogP contribution is -2.38. The molecule has 0 aliphatic carbocycles. The third-order valence-corrected chi connectivity index (χ3v) is 6.24. The van der Waals surface area contributed by atoms with Crippen LogP contribution in [0, 0.1) is 6.92 Å². The number of halogens is 1. The molecule has 0 saturated heterocycles. The maximum absolute atomic E-state index is 12.7. The molecule has 0 bridgehead atoms. The molecule has 0 unspecified atom stereocenters. The zero-order chi connectivity index (χ0) is 20.4. The molecule has 1 aromatic heterocycles. The first-order valence-electron chi connectivity index (χ1n) is 9.57. The summed E-state index contributed by atoms with van der Waals surface area (Å²) in [6.07, 6.45) is 0.748. The second-order valence-electron chi connectivity index (χ2n) is 6.93. The lowest BCUT2D eigenvalue weighted by atomic mass is 10.2. The van der Waals surface area contributed by atoms with E-state index in [9.17, 15) is 4.79 Å². The number of hydrogen-bond donors (Lipinski definition) is 1. The van der Waals surface area contributed by atoms with Crippen molar-refractivity contribution in [3.05, 3.63) is 63.6 Å². The van der Waals surface area contributed by atoms with Gasteiger partial charge in [-0.3, -0.25) is 0 Å². The SMILES string of the molecule is CCOc1ccc(-c2nc3c(s2)CN(C(=O)Nc2ccc(C)cc2Cl)CC3)cc1. The summed E-state index contributed by atoms with van der Waals surface area (Å²) in [4.78, 5) is 20.4. The van der Waals surface area contributed by atoms with Crippen molar-refractivity contribution >= 4 is 34.7 Å². The van der Waals surface area contributed by atoms with Gasteiger partial charge in [-0.2, -0.15) is 0 Å². The van der Waals surface area contributed by atoms with E-state index in [0.29, 0.717) is 30.4 Å². The minimum atomic E-state index is -0.141. The van der Waals surface area contributed by atoms with Crippen LogP contribution in [0.2, 0.25) is 5.02 Å². The highest BCUT2D eigenvalue weighted by molar-refractivity contribution is 7.15. The second kappa shape index (κ2) is 8.43. The van der Waals surface area contributed by atoms with Crippen LogP contribution in [0.5, 0.6) is 5.75 Å². The number of benzene rings is 2. The summed E-state index contributed by atoms with van der Waals surface area (Å²) in [5.41, 5.74) is 3.83. The van der Waals surface area contributed by atoms with Crippen LogP contribution in [0.1, 0.15) is 23.1 Å². The van der Waals surface area contributed by atoms with Crippen molar-refractivity contribution in [1.82, 2.24) is 9.88 Å². The molecule has 0 saturated carbocycles. The number of aryl methyl sites for hydroxylation is 1. The van der Waals surface area contributed by atoms with Gasteiger partial charge in [0.25, 0.3) is 0 Å². The second-order valence-corrected chi connectivity index (χ2v) is 8.42. The number of thiazole rings is 1. The third kappa shape index (κ3) is 4.38. The van der Waals surface area contributed by atoms with Gasteiger partial charge in [-0.15, -0.1) is 11.3 Å². The zero-order valence-corrected chi connectivity index (χ0v) is 17.9. The van der Waals surface area contributed by atoms with Crippen LogP contribution in [0.3, 0.4) is 0 Å². The molecular formula is C22H22ClN3O2S. The molecular weight excluding hydrogens is 406 g/mol. The van der Waals surface area contributed by atoms with E-state index in [-0.39, 0.29) is 6.03 Å². The molecule has 29 heavy (non-hydrogen) atoms. The monoisotopic (exact) mass is 427 g/mol. The van der Waals surface area contributed by atoms with Gasteiger partial charge < -0.3 is 15.0 Å². The summed E-state index contributed by atoms with van der Waals surface area (Å²) in [7, 11) is 0. The normalized spacial score (nSPS) is 13.1. The van der Waals surface area contributed by atoms with Gasteiger partial charge in [-0.1, -0.05) is 17.7 Å². The van der Waals surface area contributed by atoms with Gasteiger partial charge >= 0.3 is 6.03 Å². The van der Waals surface area contributed by atoms with E-state index in [1.807, 2.05) is 56.3 Å². The molecule has 1 N–H and O–H groups in total. The molecule has 4 rings (SSSR count). The fraction of sp³-hybridized carbons (Fsp3) is 0.273. The molecule has 1 aliphatic heterocycles. The highest BCUT2D eigenvalue weighted by Crippen LogP contribution is 2.33. The first-order valence-corrected chi connectivity index (χ1v) is 10.8. The van der Waals surface area contributed by atoms with Gasteiger partial charge in [0.1, 0.15) is 10.8 Å². The van der Waals surface area contributed by atoms with Crippen molar-refractivity contribution in [3.8, 4) is 16.3 Å². The average Bonchev–Trinajstić information content (AvgIpc) is 3.14. The smallest absolute Gasteiger partial charge is 0.322 e. The molecule has 1 aliphatic rings. The molecule has 2 heterocycles. The van der Waals surface area contributed by atoms with Crippen molar-refractivity contribution in [3.63, 3.8) is 0 Å². The van der Waals surface area contributed by atoms with E-state index in [1.54, 1.807) is 16.2 Å². The van der Waals surface area contributed by atoms with Crippen molar-refractivity contribution < 1.29 is 9.53 Å². The van der Waals surface area contributed by atoms with Crippen LogP contribution in [0.4, 0.5) is 10.5 Å². The Morgan fingerprint density at radius 1 is 1.28 bits per heavy atom. The van der Waals surface area contributed by atoms with E-state index in [4.69, 9.17) is 21.3 Å². The van der Waals surface area contributed by atoms with Gasteiger partial charge in [0, 0.05) is 23.4 Å². The number of nitrogens with one attached hydrogen (secondary N) is 1. The maximum atomic E-state index is 12.7. The Morgan fingerprint density at radius 2 is 2.07 bits per heavy atom. The summed E-state index contributed by atoms with van der Waals surface area (Å²) >= 11 is 7.89. The van der Waals surface area contributed by atoms with Crippen molar-refractivity contribution in [2.75, 3.05) is 18.5 Å². The molecule has 5 nitrogen and oxygen atoms in total. The number of nitrogens with zero attached hydrogens (tertiary/aromatic N) is 2. The molecule has 2 aromatic carbocycles. The van der Waals surface area contributed by atoms with E-state index in [1.165, 1.54) is 0 Å². The molecule has 0 radical (unpaired) electrons. The molecule has 7 heteroatoms. The number of ether oxygens (including phenoxy) is 1. The van der Waals surface area contributed by atoms with Gasteiger partial charge in [0.05, 0.1) is 29.6 Å². The molecule has 2 amide bonds. The van der Waals surface area contributed by atoms with E-state index < -0.39 is 0 Å². The van der Waals surface area contributed by atoms with Crippen LogP contribution < -0.4 is 10.1 Å². The maximum Gasteiger partial charge on any atom is 0.322 e. The highest BCUT2D eigenvalue weighted by Gasteiger charge is 2.25. The zero-order valence-electron chi connectivity index (χ0n) is 16.4. The fourth-order valence-corrected chi connectivity index (χ4v) is 4.68. The highest BCUT2D eigenvalue weighted by atomic mass is 35.5. The Kier molecular flexibility index (Phi) is 5.74. The van der Waals surface area contributed by atoms with Crippen molar-refractivity contribution in [1.29, 1.82) is 0 Å². The minimum Gasteiger partial charge on any atom is -0.494 e. The summed E-state index contributed by atoms with van der Waals surface area (Å²) < 4.78 is 5.50. The molecule has 3 aromatic rings. The Balaban J connectivity index is 1.46. The lowest BCUT2D eigenvalue weighted by Gasteiger charge is -2.26. The Hall–Kier alpha value is -2.57. The van der Waals surface area contributed by atoms with Crippen LogP contribution >= 0.6 is 22.9 Å². The molecule has 0 fully saturated rings. The number of carbonyl (C=O) groups is 1. The summed E-state index contributed by atoms with van der Waals surface area (Å²) in [5, 5.41) is 4.44. The number of hydrogen-bond acceptors (Lipinski definition) is 4. The number of fused-ring (bicyclic) bond motifs is 1. The first-order chi connectivity index (χ1) is 14.0. The Bertz CT molecular complexity index is 1030. The predicted octanol–water partition coefficient (Wildman–Crippen LogP) is 5.76. The minimum absolute atomic E-state index is 0.141. The Morgan fingerprint density at radius 3 is 2.79 bits per heavy atom. The van der Waals surface area contributed by atoms with Crippen molar-refractivity contribution in [2.24, 2.45) is 0 Å². The van der Waals surface area contributed by atoms with Gasteiger partial charge in [0.2, 0.25) is 0 Å². The quantitative estimate of drug-likeness (QED) is 0.575. The number of rotatable bonds is 4. The van der Waals surface area contributed by atoms with Gasteiger partial charge in [-0.05, 0) is 55.8 Å². The number of anilines is 1. The van der Waals surface area contributed by atoms with Crippen molar-refractivity contribution in [2.45, 2.75) is 26.8 Å². The first kappa shape index (κ1) is 19.7. The van der Waals surface area contributed by atoms with Crippen LogP contribution in [-0.4, -0.2) is 29.1 Å². The number of amides is 2. The van der Waals surface area contributed by atoms with E-state index >= 15 is 0 Å².